The van der Waals surface area contributed by atoms with Crippen LogP contribution in [0.15, 0.2) is 59.8 Å². The number of nitrogens with zero attached hydrogens (tertiary/aromatic N) is 3. The SMILES string of the molecule is O=C1c2ccccc2C(=O)N1CCSc1n[nH]c(-c2ccccc2)n1. The quantitative estimate of drug-likeness (QED) is 0.565. The lowest BCUT2D eigenvalue weighted by atomic mass is 10.1. The minimum Gasteiger partial charge on any atom is -0.273 e. The van der Waals surface area contributed by atoms with Crippen LogP contribution in [-0.4, -0.2) is 44.2 Å². The minimum atomic E-state index is -0.235. The third-order valence-electron chi connectivity index (χ3n) is 3.94. The van der Waals surface area contributed by atoms with Crippen LogP contribution in [0.4, 0.5) is 0 Å². The van der Waals surface area contributed by atoms with Gasteiger partial charge in [-0.3, -0.25) is 19.6 Å². The molecule has 0 aliphatic carbocycles. The molecule has 0 bridgehead atoms. The van der Waals surface area contributed by atoms with E-state index in [0.29, 0.717) is 34.4 Å². The van der Waals surface area contributed by atoms with Gasteiger partial charge in [0.25, 0.3) is 11.8 Å². The molecule has 25 heavy (non-hydrogen) atoms. The van der Waals surface area contributed by atoms with Gasteiger partial charge in [0.1, 0.15) is 0 Å². The Morgan fingerprint density at radius 3 is 2.24 bits per heavy atom. The molecule has 0 saturated carbocycles. The van der Waals surface area contributed by atoms with Gasteiger partial charge < -0.3 is 0 Å². The van der Waals surface area contributed by atoms with Crippen molar-refractivity contribution in [2.24, 2.45) is 0 Å². The summed E-state index contributed by atoms with van der Waals surface area (Å²) in [5.41, 5.74) is 1.91. The van der Waals surface area contributed by atoms with Gasteiger partial charge in [0, 0.05) is 17.9 Å². The number of benzene rings is 2. The number of rotatable bonds is 5. The molecule has 2 heterocycles. The molecule has 0 radical (unpaired) electrons. The number of H-pyrrole nitrogens is 1. The molecule has 3 aromatic rings. The van der Waals surface area contributed by atoms with E-state index >= 15 is 0 Å². The highest BCUT2D eigenvalue weighted by Crippen LogP contribution is 2.24. The summed E-state index contributed by atoms with van der Waals surface area (Å²) >= 11 is 1.41. The van der Waals surface area contributed by atoms with E-state index in [1.54, 1.807) is 24.3 Å². The van der Waals surface area contributed by atoms with Crippen LogP contribution in [-0.2, 0) is 0 Å². The van der Waals surface area contributed by atoms with Crippen molar-refractivity contribution in [2.45, 2.75) is 5.16 Å². The van der Waals surface area contributed by atoms with Gasteiger partial charge in [-0.15, -0.1) is 5.10 Å². The van der Waals surface area contributed by atoms with E-state index in [1.165, 1.54) is 16.7 Å². The Morgan fingerprint density at radius 1 is 0.920 bits per heavy atom. The van der Waals surface area contributed by atoms with E-state index in [0.717, 1.165) is 5.56 Å². The van der Waals surface area contributed by atoms with Crippen molar-refractivity contribution in [1.82, 2.24) is 20.1 Å². The van der Waals surface area contributed by atoms with Crippen molar-refractivity contribution in [3.05, 3.63) is 65.7 Å². The van der Waals surface area contributed by atoms with E-state index < -0.39 is 0 Å². The molecule has 7 heteroatoms. The van der Waals surface area contributed by atoms with Gasteiger partial charge in [0.2, 0.25) is 5.16 Å². The standard InChI is InChI=1S/C18H14N4O2S/c23-16-13-8-4-5-9-14(13)17(24)22(16)10-11-25-18-19-15(20-21-18)12-6-2-1-3-7-12/h1-9H,10-11H2,(H,19,20,21). The maximum atomic E-state index is 12.3. The Bertz CT molecular complexity index is 904. The molecule has 0 saturated heterocycles. The van der Waals surface area contributed by atoms with Crippen molar-refractivity contribution >= 4 is 23.6 Å². The number of nitrogens with one attached hydrogen (secondary N) is 1. The van der Waals surface area contributed by atoms with Crippen molar-refractivity contribution in [3.63, 3.8) is 0 Å². The molecular formula is C18H14N4O2S. The van der Waals surface area contributed by atoms with Crippen molar-refractivity contribution in [1.29, 1.82) is 0 Å². The van der Waals surface area contributed by atoms with Crippen LogP contribution in [0.3, 0.4) is 0 Å². The second-order valence-electron chi connectivity index (χ2n) is 5.49. The topological polar surface area (TPSA) is 79.0 Å². The van der Waals surface area contributed by atoms with E-state index in [1.807, 2.05) is 30.3 Å². The molecular weight excluding hydrogens is 336 g/mol. The third-order valence-corrected chi connectivity index (χ3v) is 4.76. The van der Waals surface area contributed by atoms with Crippen molar-refractivity contribution in [3.8, 4) is 11.4 Å². The monoisotopic (exact) mass is 350 g/mol. The summed E-state index contributed by atoms with van der Waals surface area (Å²) in [6.45, 7) is 0.326. The number of aromatic nitrogens is 3. The van der Waals surface area contributed by atoms with Gasteiger partial charge in [0.15, 0.2) is 5.82 Å². The van der Waals surface area contributed by atoms with Crippen LogP contribution in [0.5, 0.6) is 0 Å². The Kier molecular flexibility index (Phi) is 4.07. The van der Waals surface area contributed by atoms with Crippen LogP contribution in [0, 0.1) is 0 Å². The summed E-state index contributed by atoms with van der Waals surface area (Å²) in [5.74, 6) is 0.767. The van der Waals surface area contributed by atoms with Gasteiger partial charge in [0.05, 0.1) is 11.1 Å². The molecule has 124 valence electrons. The second kappa shape index (κ2) is 6.52. The summed E-state index contributed by atoms with van der Waals surface area (Å²) in [7, 11) is 0. The molecule has 0 spiro atoms. The fraction of sp³-hybridized carbons (Fsp3) is 0.111. The van der Waals surface area contributed by atoms with Gasteiger partial charge in [-0.05, 0) is 12.1 Å². The molecule has 1 aromatic heterocycles. The summed E-state index contributed by atoms with van der Waals surface area (Å²) in [5, 5.41) is 7.67. The van der Waals surface area contributed by atoms with E-state index in [9.17, 15) is 9.59 Å². The molecule has 6 nitrogen and oxygen atoms in total. The fourth-order valence-corrected chi connectivity index (χ4v) is 3.43. The van der Waals surface area contributed by atoms with Crippen LogP contribution >= 0.6 is 11.8 Å². The van der Waals surface area contributed by atoms with Crippen molar-refractivity contribution < 1.29 is 9.59 Å². The zero-order chi connectivity index (χ0) is 17.2. The first-order chi connectivity index (χ1) is 12.2. The second-order valence-corrected chi connectivity index (χ2v) is 6.55. The Balaban J connectivity index is 1.39. The molecule has 1 aliphatic heterocycles. The number of imide groups is 1. The smallest absolute Gasteiger partial charge is 0.261 e. The van der Waals surface area contributed by atoms with Crippen LogP contribution in [0.1, 0.15) is 20.7 Å². The molecule has 1 N–H and O–H groups in total. The van der Waals surface area contributed by atoms with Crippen LogP contribution in [0.25, 0.3) is 11.4 Å². The Hall–Kier alpha value is -2.93. The first-order valence-corrected chi connectivity index (χ1v) is 8.78. The van der Waals surface area contributed by atoms with Crippen LogP contribution in [0.2, 0.25) is 0 Å². The molecule has 2 aromatic carbocycles. The van der Waals surface area contributed by atoms with Gasteiger partial charge in [-0.25, -0.2) is 4.98 Å². The number of hydrogen-bond donors (Lipinski definition) is 1. The summed E-state index contributed by atoms with van der Waals surface area (Å²) in [6, 6.07) is 16.6. The highest BCUT2D eigenvalue weighted by molar-refractivity contribution is 7.99. The average molecular weight is 350 g/mol. The first-order valence-electron chi connectivity index (χ1n) is 7.80. The van der Waals surface area contributed by atoms with E-state index in [-0.39, 0.29) is 11.8 Å². The Labute approximate surface area is 148 Å². The lowest BCUT2D eigenvalue weighted by Gasteiger charge is -2.12. The number of amides is 2. The fourth-order valence-electron chi connectivity index (χ4n) is 2.71. The van der Waals surface area contributed by atoms with E-state index in [4.69, 9.17) is 0 Å². The molecule has 2 amide bonds. The number of fused-ring (bicyclic) bond motifs is 1. The molecule has 4 rings (SSSR count). The lowest BCUT2D eigenvalue weighted by molar-refractivity contribution is 0.0664. The largest absolute Gasteiger partial charge is 0.273 e. The van der Waals surface area contributed by atoms with Gasteiger partial charge in [-0.1, -0.05) is 54.2 Å². The zero-order valence-electron chi connectivity index (χ0n) is 13.2. The predicted molar refractivity (Wildman–Crippen MR) is 94.4 cm³/mol. The molecule has 0 fully saturated rings. The summed E-state index contributed by atoms with van der Waals surface area (Å²) < 4.78 is 0. The highest BCUT2D eigenvalue weighted by Gasteiger charge is 2.34. The van der Waals surface area contributed by atoms with Crippen molar-refractivity contribution in [2.75, 3.05) is 12.3 Å². The number of carbonyl (C=O) groups is 2. The maximum absolute atomic E-state index is 12.3. The number of carbonyl (C=O) groups excluding carboxylic acids is 2. The van der Waals surface area contributed by atoms with E-state index in [2.05, 4.69) is 15.2 Å². The predicted octanol–water partition coefficient (Wildman–Crippen LogP) is 2.86. The zero-order valence-corrected chi connectivity index (χ0v) is 14.0. The average Bonchev–Trinajstić information content (AvgIpc) is 3.22. The molecule has 0 atom stereocenters. The van der Waals surface area contributed by atoms with Crippen LogP contribution < -0.4 is 0 Å². The Morgan fingerprint density at radius 2 is 1.56 bits per heavy atom. The summed E-state index contributed by atoms with van der Waals surface area (Å²) in [6.07, 6.45) is 0. The molecule has 1 aliphatic rings. The third kappa shape index (κ3) is 2.94. The lowest BCUT2D eigenvalue weighted by Crippen LogP contribution is -2.31. The maximum Gasteiger partial charge on any atom is 0.261 e. The van der Waals surface area contributed by atoms with Gasteiger partial charge in [-0.2, -0.15) is 0 Å². The highest BCUT2D eigenvalue weighted by atomic mass is 32.2. The number of aromatic amines is 1. The summed E-state index contributed by atoms with van der Waals surface area (Å²) in [4.78, 5) is 30.3. The normalized spacial score (nSPS) is 13.4. The first kappa shape index (κ1) is 15.6. The molecule has 0 unspecified atom stereocenters. The number of thioether (sulfide) groups is 1. The minimum absolute atomic E-state index is 0.235. The van der Waals surface area contributed by atoms with Gasteiger partial charge >= 0.3 is 0 Å². The number of hydrogen-bond acceptors (Lipinski definition) is 5.